The van der Waals surface area contributed by atoms with Crippen molar-refractivity contribution >= 4 is 15.5 Å². The van der Waals surface area contributed by atoms with Crippen LogP contribution in [-0.4, -0.2) is 53.4 Å². The lowest BCUT2D eigenvalue weighted by Gasteiger charge is -2.24. The van der Waals surface area contributed by atoms with Crippen molar-refractivity contribution in [2.75, 3.05) is 26.6 Å². The number of hydrogen-bond donors (Lipinski definition) is 0. The highest BCUT2D eigenvalue weighted by Crippen LogP contribution is 2.11. The van der Waals surface area contributed by atoms with Gasteiger partial charge in [-0.1, -0.05) is 6.04 Å². The minimum atomic E-state index is -0.362. The first-order chi connectivity index (χ1) is 8.49. The second-order valence-corrected chi connectivity index (χ2v) is 8.06. The molecule has 0 saturated carbocycles. The van der Waals surface area contributed by atoms with Crippen molar-refractivity contribution < 1.29 is 23.7 Å². The molecule has 1 rings (SSSR count). The predicted molar refractivity (Wildman–Crippen MR) is 70.3 cm³/mol. The minimum absolute atomic E-state index is 0.0604. The Bertz CT molecular complexity index is 253. The molecule has 5 nitrogen and oxygen atoms in total. The van der Waals surface area contributed by atoms with E-state index in [1.165, 1.54) is 13.0 Å². The van der Waals surface area contributed by atoms with E-state index in [-0.39, 0.29) is 27.5 Å². The van der Waals surface area contributed by atoms with E-state index in [2.05, 4.69) is 13.8 Å². The lowest BCUT2D eigenvalue weighted by atomic mass is 10.5. The van der Waals surface area contributed by atoms with Crippen LogP contribution in [0, 0.1) is 0 Å². The smallest absolute Gasteiger partial charge is 0.304 e. The quantitative estimate of drug-likeness (QED) is 0.193. The molecule has 1 heterocycles. The number of carbonyl (C=O) groups is 1. The van der Waals surface area contributed by atoms with E-state index in [0.717, 1.165) is 26.2 Å². The average Bonchev–Trinajstić information content (AvgIpc) is 3.06. The summed E-state index contributed by atoms with van der Waals surface area (Å²) < 4.78 is 20.9. The fraction of sp³-hybridized carbons (Fsp3) is 0.917. The highest BCUT2D eigenvalue weighted by Gasteiger charge is 2.22. The Kier molecular flexibility index (Phi) is 6.84. The van der Waals surface area contributed by atoms with Crippen molar-refractivity contribution in [2.24, 2.45) is 0 Å². The van der Waals surface area contributed by atoms with E-state index in [0.29, 0.717) is 6.10 Å². The average molecular weight is 276 g/mol. The molecule has 0 amide bonds. The van der Waals surface area contributed by atoms with Crippen molar-refractivity contribution in [2.45, 2.75) is 44.6 Å². The normalized spacial score (nSPS) is 19.4. The summed E-state index contributed by atoms with van der Waals surface area (Å²) in [6.45, 7) is 7.94. The topological polar surface area (TPSA) is 57.3 Å². The van der Waals surface area contributed by atoms with Crippen LogP contribution >= 0.6 is 0 Å². The maximum atomic E-state index is 10.6. The van der Waals surface area contributed by atoms with Gasteiger partial charge in [-0.05, 0) is 20.3 Å². The van der Waals surface area contributed by atoms with Gasteiger partial charge in [0.1, 0.15) is 6.10 Å². The van der Waals surface area contributed by atoms with Gasteiger partial charge < -0.3 is 18.9 Å². The van der Waals surface area contributed by atoms with E-state index in [4.69, 9.17) is 18.9 Å². The van der Waals surface area contributed by atoms with Crippen molar-refractivity contribution in [1.82, 2.24) is 0 Å². The Labute approximate surface area is 111 Å². The molecule has 1 atom stereocenters. The van der Waals surface area contributed by atoms with Crippen LogP contribution < -0.4 is 0 Å². The molecule has 0 radical (unpaired) electrons. The van der Waals surface area contributed by atoms with Gasteiger partial charge >= 0.3 is 5.97 Å². The molecule has 1 aliphatic heterocycles. The zero-order chi connectivity index (χ0) is 13.4. The summed E-state index contributed by atoms with van der Waals surface area (Å²) in [5.41, 5.74) is 0. The second kappa shape index (κ2) is 7.88. The number of hydrogen-bond acceptors (Lipinski definition) is 5. The maximum Gasteiger partial charge on any atom is 0.304 e. The number of ether oxygens (including phenoxy) is 4. The lowest BCUT2D eigenvalue weighted by molar-refractivity contribution is -0.159. The summed E-state index contributed by atoms with van der Waals surface area (Å²) in [6.07, 6.45) is 1.42. The highest BCUT2D eigenvalue weighted by atomic mass is 28.2. The van der Waals surface area contributed by atoms with E-state index in [9.17, 15) is 4.79 Å². The van der Waals surface area contributed by atoms with Gasteiger partial charge in [0.15, 0.2) is 6.79 Å². The Balaban J connectivity index is 1.92. The Hall–Kier alpha value is -0.433. The Morgan fingerprint density at radius 2 is 2.22 bits per heavy atom. The van der Waals surface area contributed by atoms with Crippen molar-refractivity contribution in [1.29, 1.82) is 0 Å². The first-order valence-corrected chi connectivity index (χ1v) is 8.17. The fourth-order valence-corrected chi connectivity index (χ4v) is 3.01. The first-order valence-electron chi connectivity index (χ1n) is 6.46. The molecule has 0 aromatic carbocycles. The summed E-state index contributed by atoms with van der Waals surface area (Å²) >= 11 is 0. The van der Waals surface area contributed by atoms with Gasteiger partial charge in [-0.3, -0.25) is 4.79 Å². The van der Waals surface area contributed by atoms with Crippen LogP contribution in [0.25, 0.3) is 0 Å². The summed E-state index contributed by atoms with van der Waals surface area (Å²) in [7, 11) is -0.362. The van der Waals surface area contributed by atoms with E-state index >= 15 is 0 Å². The summed E-state index contributed by atoms with van der Waals surface area (Å²) in [5.74, 6) is -0.303. The van der Waals surface area contributed by atoms with Crippen LogP contribution in [0.1, 0.15) is 27.2 Å². The molecule has 1 unspecified atom stereocenters. The number of rotatable bonds is 10. The zero-order valence-corrected chi connectivity index (χ0v) is 13.0. The van der Waals surface area contributed by atoms with Gasteiger partial charge in [0.2, 0.25) is 0 Å². The summed E-state index contributed by atoms with van der Waals surface area (Å²) in [5, 5.41) is -0.130. The summed E-state index contributed by atoms with van der Waals surface area (Å²) in [4.78, 5) is 10.6. The molecular weight excluding hydrogens is 252 g/mol. The van der Waals surface area contributed by atoms with Gasteiger partial charge in [-0.2, -0.15) is 0 Å². The molecule has 6 heteroatoms. The third kappa shape index (κ3) is 8.63. The van der Waals surface area contributed by atoms with Gasteiger partial charge in [-0.25, -0.2) is 0 Å². The molecule has 0 aliphatic carbocycles. The predicted octanol–water partition coefficient (Wildman–Crippen LogP) is 0.652. The number of esters is 1. The van der Waals surface area contributed by atoms with Crippen LogP contribution in [-0.2, 0) is 23.7 Å². The monoisotopic (exact) mass is 276 g/mol. The molecule has 0 aromatic rings. The molecule has 1 fully saturated rings. The van der Waals surface area contributed by atoms with Gasteiger partial charge in [0.25, 0.3) is 0 Å². The molecule has 0 spiro atoms. The van der Waals surface area contributed by atoms with Gasteiger partial charge in [0, 0.05) is 13.5 Å². The minimum Gasteiger partial charge on any atom is -0.439 e. The third-order valence-electron chi connectivity index (χ3n) is 2.74. The van der Waals surface area contributed by atoms with Gasteiger partial charge in [-0.15, -0.1) is 0 Å². The first kappa shape index (κ1) is 15.6. The molecule has 0 aromatic heterocycles. The van der Waals surface area contributed by atoms with Crippen LogP contribution in [0.5, 0.6) is 0 Å². The summed E-state index contributed by atoms with van der Waals surface area (Å²) in [6, 6.07) is 1.17. The third-order valence-corrected chi connectivity index (χ3v) is 5.00. The molecular formula is C12H24O5Si. The standard InChI is InChI=1S/C12H24O5Si/c1-10(13)16-9-17-12(2,3)18-6-4-5-14-7-11-8-15-11/h11H,4-9,18H2,1-3H3. The van der Waals surface area contributed by atoms with E-state index < -0.39 is 0 Å². The van der Waals surface area contributed by atoms with E-state index in [1.807, 2.05) is 0 Å². The fourth-order valence-electron chi connectivity index (χ4n) is 1.48. The molecule has 106 valence electrons. The maximum absolute atomic E-state index is 10.6. The van der Waals surface area contributed by atoms with Crippen molar-refractivity contribution in [3.05, 3.63) is 0 Å². The highest BCUT2D eigenvalue weighted by molar-refractivity contribution is 6.39. The van der Waals surface area contributed by atoms with E-state index in [1.54, 1.807) is 0 Å². The van der Waals surface area contributed by atoms with Crippen molar-refractivity contribution in [3.8, 4) is 0 Å². The number of epoxide rings is 1. The molecule has 0 N–H and O–H groups in total. The van der Waals surface area contributed by atoms with Gasteiger partial charge in [0.05, 0.1) is 28.0 Å². The second-order valence-electron chi connectivity index (χ2n) is 5.15. The molecule has 0 bridgehead atoms. The SMILES string of the molecule is CC(=O)OCOC(C)(C)[SiH2]CCCOCC1CO1. The van der Waals surface area contributed by atoms with Crippen LogP contribution in [0.15, 0.2) is 0 Å². The Morgan fingerprint density at radius 3 is 2.83 bits per heavy atom. The molecule has 1 aliphatic rings. The number of carbonyl (C=O) groups excluding carboxylic acids is 1. The zero-order valence-electron chi connectivity index (χ0n) is 11.6. The lowest BCUT2D eigenvalue weighted by Crippen LogP contribution is -2.33. The largest absolute Gasteiger partial charge is 0.439 e. The van der Waals surface area contributed by atoms with Crippen molar-refractivity contribution in [3.63, 3.8) is 0 Å². The van der Waals surface area contributed by atoms with Crippen LogP contribution in [0.2, 0.25) is 6.04 Å². The Morgan fingerprint density at radius 1 is 1.50 bits per heavy atom. The van der Waals surface area contributed by atoms with Crippen LogP contribution in [0.4, 0.5) is 0 Å². The molecule has 18 heavy (non-hydrogen) atoms. The van der Waals surface area contributed by atoms with Crippen LogP contribution in [0.3, 0.4) is 0 Å². The molecule has 1 saturated heterocycles.